The standard InChI is InChI=1S/C12H8F5NO2S/c1-2-20-11(19)8-3-6(5-18)7(10(13)14)4-9(8)21-12(15,16)17/h3-4,10H,2H2,1H3. The molecule has 0 saturated carbocycles. The number of alkyl halides is 5. The summed E-state index contributed by atoms with van der Waals surface area (Å²) in [7, 11) is 0. The van der Waals surface area contributed by atoms with Crippen LogP contribution in [-0.4, -0.2) is 18.1 Å². The van der Waals surface area contributed by atoms with E-state index >= 15 is 0 Å². The van der Waals surface area contributed by atoms with Crippen LogP contribution < -0.4 is 0 Å². The monoisotopic (exact) mass is 325 g/mol. The van der Waals surface area contributed by atoms with Crippen molar-refractivity contribution in [3.05, 3.63) is 28.8 Å². The molecule has 0 spiro atoms. The number of nitriles is 1. The van der Waals surface area contributed by atoms with Crippen molar-refractivity contribution in [2.45, 2.75) is 23.8 Å². The van der Waals surface area contributed by atoms with Crippen LogP contribution in [0.2, 0.25) is 0 Å². The number of ether oxygens (including phenoxy) is 1. The second-order valence-electron chi connectivity index (χ2n) is 3.62. The lowest BCUT2D eigenvalue weighted by Gasteiger charge is -2.13. The van der Waals surface area contributed by atoms with Gasteiger partial charge in [0.15, 0.2) is 0 Å². The number of hydrogen-bond donors (Lipinski definition) is 0. The van der Waals surface area contributed by atoms with Crippen molar-refractivity contribution in [2.24, 2.45) is 0 Å². The molecule has 0 atom stereocenters. The molecule has 0 N–H and O–H groups in total. The summed E-state index contributed by atoms with van der Waals surface area (Å²) in [6.45, 7) is 1.33. The zero-order chi connectivity index (χ0) is 16.2. The molecular formula is C12H8F5NO2S. The second kappa shape index (κ2) is 6.76. The lowest BCUT2D eigenvalue weighted by molar-refractivity contribution is -0.0328. The molecule has 0 heterocycles. The number of carbonyl (C=O) groups is 1. The van der Waals surface area contributed by atoms with Crippen LogP contribution in [0, 0.1) is 11.3 Å². The first-order valence-corrected chi connectivity index (χ1v) is 6.30. The highest BCUT2D eigenvalue weighted by molar-refractivity contribution is 8.00. The van der Waals surface area contributed by atoms with Crippen LogP contribution in [-0.2, 0) is 4.74 Å². The van der Waals surface area contributed by atoms with Crippen LogP contribution in [0.1, 0.15) is 34.8 Å². The van der Waals surface area contributed by atoms with Gasteiger partial charge in [0, 0.05) is 10.5 Å². The molecule has 9 heteroatoms. The van der Waals surface area contributed by atoms with E-state index in [2.05, 4.69) is 4.74 Å². The molecule has 0 aliphatic heterocycles. The first-order chi connectivity index (χ1) is 9.69. The molecule has 1 aromatic carbocycles. The minimum absolute atomic E-state index is 0.104. The van der Waals surface area contributed by atoms with Gasteiger partial charge in [-0.3, -0.25) is 0 Å². The number of esters is 1. The van der Waals surface area contributed by atoms with Crippen LogP contribution in [0.4, 0.5) is 22.0 Å². The third-order valence-electron chi connectivity index (χ3n) is 2.23. The Balaban J connectivity index is 3.45. The van der Waals surface area contributed by atoms with Crippen molar-refractivity contribution in [2.75, 3.05) is 6.61 Å². The molecule has 1 aromatic rings. The molecule has 0 aliphatic rings. The number of nitrogens with zero attached hydrogens (tertiary/aromatic N) is 1. The fourth-order valence-electron chi connectivity index (χ4n) is 1.45. The Morgan fingerprint density at radius 3 is 2.48 bits per heavy atom. The highest BCUT2D eigenvalue weighted by Crippen LogP contribution is 2.41. The quantitative estimate of drug-likeness (QED) is 0.471. The summed E-state index contributed by atoms with van der Waals surface area (Å²) in [6, 6.07) is 2.61. The number of carbonyl (C=O) groups excluding carboxylic acids is 1. The summed E-state index contributed by atoms with van der Waals surface area (Å²) in [4.78, 5) is 10.9. The summed E-state index contributed by atoms with van der Waals surface area (Å²) < 4.78 is 67.4. The van der Waals surface area contributed by atoms with Gasteiger partial charge in [-0.15, -0.1) is 0 Å². The Morgan fingerprint density at radius 1 is 1.43 bits per heavy atom. The van der Waals surface area contributed by atoms with Gasteiger partial charge in [-0.25, -0.2) is 13.6 Å². The molecule has 1 rings (SSSR count). The maximum Gasteiger partial charge on any atom is 0.446 e. The van der Waals surface area contributed by atoms with E-state index in [0.717, 1.165) is 0 Å². The van der Waals surface area contributed by atoms with Crippen molar-refractivity contribution >= 4 is 17.7 Å². The molecule has 0 amide bonds. The summed E-state index contributed by atoms with van der Waals surface area (Å²) in [5.74, 6) is -1.11. The molecule has 0 radical (unpaired) electrons. The van der Waals surface area contributed by atoms with E-state index in [-0.39, 0.29) is 6.61 Å². The third-order valence-corrected chi connectivity index (χ3v) is 3.02. The largest absolute Gasteiger partial charge is 0.462 e. The fraction of sp³-hybridized carbons (Fsp3) is 0.333. The minimum atomic E-state index is -4.77. The van der Waals surface area contributed by atoms with Gasteiger partial charge < -0.3 is 4.74 Å². The van der Waals surface area contributed by atoms with Gasteiger partial charge in [-0.2, -0.15) is 18.4 Å². The number of hydrogen-bond acceptors (Lipinski definition) is 4. The van der Waals surface area contributed by atoms with Crippen LogP contribution in [0.5, 0.6) is 0 Å². The fourth-order valence-corrected chi connectivity index (χ4v) is 2.14. The first kappa shape index (κ1) is 17.2. The number of benzene rings is 1. The van der Waals surface area contributed by atoms with Gasteiger partial charge in [-0.05, 0) is 30.8 Å². The van der Waals surface area contributed by atoms with Gasteiger partial charge >= 0.3 is 11.5 Å². The summed E-state index contributed by atoms with van der Waals surface area (Å²) >= 11 is -0.711. The molecule has 0 aromatic heterocycles. The molecule has 21 heavy (non-hydrogen) atoms. The second-order valence-corrected chi connectivity index (χ2v) is 4.72. The number of thioether (sulfide) groups is 1. The smallest absolute Gasteiger partial charge is 0.446 e. The average molecular weight is 325 g/mol. The van der Waals surface area contributed by atoms with E-state index in [1.165, 1.54) is 13.0 Å². The summed E-state index contributed by atoms with van der Waals surface area (Å²) in [5, 5.41) is 8.76. The van der Waals surface area contributed by atoms with Crippen molar-refractivity contribution in [1.82, 2.24) is 0 Å². The highest BCUT2D eigenvalue weighted by Gasteiger charge is 2.33. The zero-order valence-corrected chi connectivity index (χ0v) is 11.3. The Kier molecular flexibility index (Phi) is 5.54. The van der Waals surface area contributed by atoms with Crippen molar-refractivity contribution in [3.63, 3.8) is 0 Å². The SMILES string of the molecule is CCOC(=O)c1cc(C#N)c(C(F)F)cc1SC(F)(F)F. The van der Waals surface area contributed by atoms with Crippen LogP contribution in [0.25, 0.3) is 0 Å². The average Bonchev–Trinajstić information content (AvgIpc) is 2.36. The lowest BCUT2D eigenvalue weighted by Crippen LogP contribution is -2.10. The molecule has 114 valence electrons. The van der Waals surface area contributed by atoms with E-state index in [4.69, 9.17) is 5.26 Å². The van der Waals surface area contributed by atoms with Crippen LogP contribution >= 0.6 is 11.8 Å². The highest BCUT2D eigenvalue weighted by atomic mass is 32.2. The van der Waals surface area contributed by atoms with Crippen molar-refractivity contribution < 1.29 is 31.5 Å². The molecule has 0 aliphatic carbocycles. The van der Waals surface area contributed by atoms with Gasteiger partial charge in [-0.1, -0.05) is 0 Å². The Labute approximate surface area is 120 Å². The normalized spacial score (nSPS) is 11.3. The van der Waals surface area contributed by atoms with E-state index in [0.29, 0.717) is 12.1 Å². The first-order valence-electron chi connectivity index (χ1n) is 5.48. The molecule has 0 fully saturated rings. The molecule has 0 unspecified atom stereocenters. The summed E-state index contributed by atoms with van der Waals surface area (Å²) in [5.41, 5.74) is -6.77. The molecule has 3 nitrogen and oxygen atoms in total. The molecule has 0 saturated heterocycles. The molecule has 0 bridgehead atoms. The Morgan fingerprint density at radius 2 is 2.05 bits per heavy atom. The van der Waals surface area contributed by atoms with E-state index in [1.807, 2.05) is 0 Å². The van der Waals surface area contributed by atoms with Gasteiger partial charge in [0.2, 0.25) is 0 Å². The summed E-state index contributed by atoms with van der Waals surface area (Å²) in [6.07, 6.45) is -3.14. The van der Waals surface area contributed by atoms with Crippen molar-refractivity contribution in [1.29, 1.82) is 5.26 Å². The maximum absolute atomic E-state index is 12.8. The van der Waals surface area contributed by atoms with Crippen molar-refractivity contribution in [3.8, 4) is 6.07 Å². The van der Waals surface area contributed by atoms with Crippen LogP contribution in [0.3, 0.4) is 0 Å². The van der Waals surface area contributed by atoms with E-state index in [9.17, 15) is 26.7 Å². The van der Waals surface area contributed by atoms with Crippen LogP contribution in [0.15, 0.2) is 17.0 Å². The Hall–Kier alpha value is -1.82. The van der Waals surface area contributed by atoms with Gasteiger partial charge in [0.05, 0.1) is 23.8 Å². The van der Waals surface area contributed by atoms with Gasteiger partial charge in [0.25, 0.3) is 6.43 Å². The maximum atomic E-state index is 12.8. The zero-order valence-electron chi connectivity index (χ0n) is 10.5. The Bertz CT molecular complexity index is 580. The molecular weight excluding hydrogens is 317 g/mol. The number of rotatable bonds is 4. The third kappa shape index (κ3) is 4.60. The topological polar surface area (TPSA) is 50.1 Å². The minimum Gasteiger partial charge on any atom is -0.462 e. The van der Waals surface area contributed by atoms with E-state index in [1.54, 1.807) is 0 Å². The number of halogens is 5. The van der Waals surface area contributed by atoms with Gasteiger partial charge in [0.1, 0.15) is 0 Å². The predicted molar refractivity (Wildman–Crippen MR) is 64.0 cm³/mol. The van der Waals surface area contributed by atoms with E-state index < -0.39 is 51.3 Å². The lowest BCUT2D eigenvalue weighted by atomic mass is 10.0. The predicted octanol–water partition coefficient (Wildman–Crippen LogP) is 4.28.